The quantitative estimate of drug-likeness (QED) is 0.464. The second kappa shape index (κ2) is 7.94. The molecule has 30 heavy (non-hydrogen) atoms. The third-order valence-corrected chi connectivity index (χ3v) is 5.05. The zero-order chi connectivity index (χ0) is 21.1. The van der Waals surface area contributed by atoms with Gasteiger partial charge in [-0.05, 0) is 30.7 Å². The van der Waals surface area contributed by atoms with Crippen molar-refractivity contribution in [2.45, 2.75) is 25.5 Å². The summed E-state index contributed by atoms with van der Waals surface area (Å²) in [6, 6.07) is 17.1. The molecule has 2 aromatic heterocycles. The van der Waals surface area contributed by atoms with Crippen molar-refractivity contribution >= 4 is 33.9 Å². The largest absolute Gasteiger partial charge is 0.467 e. The summed E-state index contributed by atoms with van der Waals surface area (Å²) in [7, 11) is 1.29. The van der Waals surface area contributed by atoms with Gasteiger partial charge in [0.15, 0.2) is 6.61 Å². The Morgan fingerprint density at radius 3 is 2.73 bits per heavy atom. The number of amides is 1. The first-order valence-electron chi connectivity index (χ1n) is 9.54. The predicted molar refractivity (Wildman–Crippen MR) is 112 cm³/mol. The number of H-pyrrole nitrogens is 1. The van der Waals surface area contributed by atoms with Gasteiger partial charge in [0.05, 0.1) is 7.11 Å². The van der Waals surface area contributed by atoms with Crippen LogP contribution in [0.1, 0.15) is 18.2 Å². The van der Waals surface area contributed by atoms with Crippen molar-refractivity contribution in [2.24, 2.45) is 0 Å². The third kappa shape index (κ3) is 3.87. The van der Waals surface area contributed by atoms with Gasteiger partial charge >= 0.3 is 12.1 Å². The summed E-state index contributed by atoms with van der Waals surface area (Å²) in [5.74, 6) is -0.0452. The number of rotatable bonds is 6. The number of fused-ring (bicyclic) bond motifs is 2. The smallest absolute Gasteiger partial charge is 0.408 e. The van der Waals surface area contributed by atoms with E-state index < -0.39 is 17.6 Å². The summed E-state index contributed by atoms with van der Waals surface area (Å²) in [4.78, 5) is 28.1. The Balaban J connectivity index is 1.47. The number of hydrogen-bond donors (Lipinski definition) is 2. The average molecular weight is 408 g/mol. The van der Waals surface area contributed by atoms with Gasteiger partial charge in [-0.1, -0.05) is 36.4 Å². The maximum absolute atomic E-state index is 12.5. The average Bonchev–Trinajstić information content (AvgIpc) is 3.35. The van der Waals surface area contributed by atoms with Crippen molar-refractivity contribution in [1.82, 2.24) is 10.3 Å². The molecular weight excluding hydrogens is 386 g/mol. The summed E-state index contributed by atoms with van der Waals surface area (Å²) in [5.41, 5.74) is 1.25. The van der Waals surface area contributed by atoms with Gasteiger partial charge in [-0.15, -0.1) is 0 Å². The molecule has 1 amide bonds. The molecule has 154 valence electrons. The van der Waals surface area contributed by atoms with Crippen molar-refractivity contribution < 1.29 is 23.5 Å². The lowest BCUT2D eigenvalue weighted by Crippen LogP contribution is -2.54. The summed E-state index contributed by atoms with van der Waals surface area (Å²) in [5, 5.41) is 4.56. The summed E-state index contributed by atoms with van der Waals surface area (Å²) < 4.78 is 15.9. The second-order valence-corrected chi connectivity index (χ2v) is 7.31. The topological polar surface area (TPSA) is 93.6 Å². The van der Waals surface area contributed by atoms with Crippen LogP contribution in [0.15, 0.2) is 65.2 Å². The van der Waals surface area contributed by atoms with Crippen LogP contribution in [0.3, 0.4) is 0 Å². The molecule has 0 spiro atoms. The third-order valence-electron chi connectivity index (χ3n) is 5.05. The second-order valence-electron chi connectivity index (χ2n) is 7.31. The molecule has 4 rings (SSSR count). The highest BCUT2D eigenvalue weighted by atomic mass is 16.6. The summed E-state index contributed by atoms with van der Waals surface area (Å²) in [6.45, 7) is 1.56. The van der Waals surface area contributed by atoms with Crippen molar-refractivity contribution in [3.63, 3.8) is 0 Å². The highest BCUT2D eigenvalue weighted by Crippen LogP contribution is 2.24. The molecule has 2 N–H and O–H groups in total. The molecule has 0 radical (unpaired) electrons. The highest BCUT2D eigenvalue weighted by molar-refractivity contribution is 5.88. The number of aromatic nitrogens is 1. The molecule has 0 unspecified atom stereocenters. The summed E-state index contributed by atoms with van der Waals surface area (Å²) >= 11 is 0. The fourth-order valence-electron chi connectivity index (χ4n) is 3.56. The number of alkyl carbamates (subject to hydrolysis) is 1. The first-order chi connectivity index (χ1) is 14.5. The van der Waals surface area contributed by atoms with Crippen LogP contribution < -0.4 is 5.32 Å². The number of carbonyl (C=O) groups is 2. The van der Waals surface area contributed by atoms with E-state index in [1.54, 1.807) is 6.92 Å². The number of esters is 1. The Morgan fingerprint density at radius 1 is 1.17 bits per heavy atom. The number of ether oxygens (including phenoxy) is 2. The number of hydrogen-bond acceptors (Lipinski definition) is 5. The predicted octanol–water partition coefficient (Wildman–Crippen LogP) is 4.31. The van der Waals surface area contributed by atoms with Gasteiger partial charge in [0.1, 0.15) is 16.9 Å². The molecule has 0 saturated heterocycles. The van der Waals surface area contributed by atoms with E-state index in [0.717, 1.165) is 27.4 Å². The Labute approximate surface area is 173 Å². The van der Waals surface area contributed by atoms with Gasteiger partial charge in [-0.3, -0.25) is 0 Å². The first kappa shape index (κ1) is 19.6. The van der Waals surface area contributed by atoms with Gasteiger partial charge in [0.25, 0.3) is 0 Å². The van der Waals surface area contributed by atoms with E-state index >= 15 is 0 Å². The van der Waals surface area contributed by atoms with E-state index in [4.69, 9.17) is 13.9 Å². The molecule has 7 nitrogen and oxygen atoms in total. The standard InChI is InChI=1S/C23H22N2O5/c1-23(21(26)28-2,12-16-13-24-19-9-5-4-8-18(16)19)25-22(27)29-14-17-11-15-7-3-6-10-20(15)30-17/h3-11,13,24H,12,14H2,1-2H3,(H,25,27)/t23-/m1/s1/i1+2. The number of furan rings is 1. The van der Waals surface area contributed by atoms with E-state index in [9.17, 15) is 9.59 Å². The fourth-order valence-corrected chi connectivity index (χ4v) is 3.56. The molecule has 4 aromatic rings. The molecule has 0 aliphatic rings. The van der Waals surface area contributed by atoms with E-state index in [0.29, 0.717) is 5.76 Å². The number of nitrogens with one attached hydrogen (secondary N) is 2. The monoisotopic (exact) mass is 408 g/mol. The molecular formula is C23H22N2O5. The van der Waals surface area contributed by atoms with Crippen LogP contribution in [-0.4, -0.2) is 29.7 Å². The van der Waals surface area contributed by atoms with E-state index in [1.807, 2.05) is 60.8 Å². The molecule has 7 heteroatoms. The number of methoxy groups -OCH3 is 1. The van der Waals surface area contributed by atoms with Gasteiger partial charge in [-0.2, -0.15) is 0 Å². The molecule has 2 aromatic carbocycles. The van der Waals surface area contributed by atoms with Crippen molar-refractivity contribution in [1.29, 1.82) is 0 Å². The van der Waals surface area contributed by atoms with Crippen molar-refractivity contribution in [2.75, 3.05) is 7.11 Å². The number of para-hydroxylation sites is 2. The van der Waals surface area contributed by atoms with Crippen LogP contribution in [0.4, 0.5) is 4.79 Å². The van der Waals surface area contributed by atoms with Crippen LogP contribution in [0.5, 0.6) is 0 Å². The Bertz CT molecular complexity index is 1180. The Kier molecular flexibility index (Phi) is 5.18. The zero-order valence-electron chi connectivity index (χ0n) is 16.7. The lowest BCUT2D eigenvalue weighted by atomic mass is 10.00. The minimum Gasteiger partial charge on any atom is -0.467 e. The van der Waals surface area contributed by atoms with Crippen LogP contribution in [0, 0.1) is 0 Å². The Hall–Kier alpha value is -3.74. The number of benzene rings is 2. The molecule has 1 atom stereocenters. The zero-order valence-corrected chi connectivity index (χ0v) is 16.7. The van der Waals surface area contributed by atoms with E-state index in [1.165, 1.54) is 7.11 Å². The van der Waals surface area contributed by atoms with E-state index in [-0.39, 0.29) is 13.0 Å². The van der Waals surface area contributed by atoms with Crippen LogP contribution in [-0.2, 0) is 27.3 Å². The fraction of sp³-hybridized carbons (Fsp3) is 0.217. The molecule has 0 aliphatic carbocycles. The maximum Gasteiger partial charge on any atom is 0.408 e. The SMILES string of the molecule is COC(=O)[C@@]([14CH3])(Cc1c[nH]c2ccccc12)NC(=O)OCc1cc2ccccc2o1. The number of aromatic amines is 1. The highest BCUT2D eigenvalue weighted by Gasteiger charge is 2.37. The van der Waals surface area contributed by atoms with Gasteiger partial charge in [-0.25, -0.2) is 9.59 Å². The van der Waals surface area contributed by atoms with Crippen molar-refractivity contribution in [3.05, 3.63) is 72.1 Å². The lowest BCUT2D eigenvalue weighted by molar-refractivity contribution is -0.147. The molecule has 0 fully saturated rings. The van der Waals surface area contributed by atoms with Crippen molar-refractivity contribution in [3.8, 4) is 0 Å². The van der Waals surface area contributed by atoms with E-state index in [2.05, 4.69) is 10.3 Å². The molecule has 2 heterocycles. The lowest BCUT2D eigenvalue weighted by Gasteiger charge is -2.27. The normalized spacial score (nSPS) is 13.1. The number of carbonyl (C=O) groups excluding carboxylic acids is 2. The minimum absolute atomic E-state index is 0.0507. The van der Waals surface area contributed by atoms with Crippen LogP contribution in [0.25, 0.3) is 21.9 Å². The maximum atomic E-state index is 12.5. The van der Waals surface area contributed by atoms with Gasteiger partial charge in [0.2, 0.25) is 0 Å². The Morgan fingerprint density at radius 2 is 1.93 bits per heavy atom. The molecule has 0 saturated carbocycles. The van der Waals surface area contributed by atoms with Gasteiger partial charge < -0.3 is 24.2 Å². The molecule has 0 bridgehead atoms. The summed E-state index contributed by atoms with van der Waals surface area (Å²) in [6.07, 6.45) is 1.33. The van der Waals surface area contributed by atoms with Crippen LogP contribution >= 0.6 is 0 Å². The first-order valence-corrected chi connectivity index (χ1v) is 9.54. The van der Waals surface area contributed by atoms with Gasteiger partial charge in [0, 0.05) is 28.9 Å². The minimum atomic E-state index is -1.30. The van der Waals surface area contributed by atoms with Crippen LogP contribution in [0.2, 0.25) is 0 Å². The molecule has 0 aliphatic heterocycles.